The molecular formula is C16H18F3N3O. The number of hydrogen-bond acceptors (Lipinski definition) is 2. The third-order valence-electron chi connectivity index (χ3n) is 4.43. The van der Waals surface area contributed by atoms with Crippen LogP contribution in [-0.4, -0.2) is 22.1 Å². The van der Waals surface area contributed by atoms with Gasteiger partial charge in [0.15, 0.2) is 0 Å². The Morgan fingerprint density at radius 1 is 1.22 bits per heavy atom. The van der Waals surface area contributed by atoms with E-state index in [1.807, 2.05) is 24.3 Å². The lowest BCUT2D eigenvalue weighted by Crippen LogP contribution is -2.29. The van der Waals surface area contributed by atoms with E-state index in [0.717, 1.165) is 11.0 Å². The van der Waals surface area contributed by atoms with Crippen molar-refractivity contribution in [2.24, 2.45) is 11.8 Å². The Balaban J connectivity index is 1.52. The van der Waals surface area contributed by atoms with Crippen molar-refractivity contribution < 1.29 is 18.0 Å². The van der Waals surface area contributed by atoms with Crippen molar-refractivity contribution >= 4 is 22.9 Å². The van der Waals surface area contributed by atoms with Crippen LogP contribution in [0.4, 0.5) is 19.1 Å². The maximum atomic E-state index is 12.6. The van der Waals surface area contributed by atoms with Gasteiger partial charge in [-0.3, -0.25) is 10.1 Å². The van der Waals surface area contributed by atoms with Crippen molar-refractivity contribution in [2.75, 3.05) is 5.32 Å². The highest BCUT2D eigenvalue weighted by Crippen LogP contribution is 2.40. The van der Waals surface area contributed by atoms with E-state index >= 15 is 0 Å². The number of carbonyl (C=O) groups is 1. The summed E-state index contributed by atoms with van der Waals surface area (Å²) in [5.41, 5.74) is 1.59. The molecule has 3 rings (SSSR count). The van der Waals surface area contributed by atoms with E-state index in [4.69, 9.17) is 0 Å². The number of imidazole rings is 1. The predicted octanol–water partition coefficient (Wildman–Crippen LogP) is 4.26. The first-order valence-corrected chi connectivity index (χ1v) is 7.73. The lowest BCUT2D eigenvalue weighted by molar-refractivity contribution is -0.183. The van der Waals surface area contributed by atoms with Gasteiger partial charge in [-0.15, -0.1) is 0 Å². The summed E-state index contributed by atoms with van der Waals surface area (Å²) >= 11 is 0. The average molecular weight is 325 g/mol. The van der Waals surface area contributed by atoms with Crippen LogP contribution >= 0.6 is 0 Å². The number of benzene rings is 1. The molecule has 1 heterocycles. The largest absolute Gasteiger partial charge is 0.391 e. The molecule has 0 bridgehead atoms. The molecule has 2 aromatic rings. The highest BCUT2D eigenvalue weighted by molar-refractivity contribution is 5.91. The zero-order valence-corrected chi connectivity index (χ0v) is 12.5. The lowest BCUT2D eigenvalue weighted by atomic mass is 9.80. The van der Waals surface area contributed by atoms with E-state index in [-0.39, 0.29) is 31.1 Å². The second-order valence-corrected chi connectivity index (χ2v) is 6.11. The second-order valence-electron chi connectivity index (χ2n) is 6.11. The van der Waals surface area contributed by atoms with E-state index in [1.165, 1.54) is 0 Å². The first-order valence-electron chi connectivity index (χ1n) is 7.73. The molecule has 0 aliphatic heterocycles. The summed E-state index contributed by atoms with van der Waals surface area (Å²) in [5, 5.41) is 2.69. The summed E-state index contributed by atoms with van der Waals surface area (Å²) in [6.45, 7) is 0. The van der Waals surface area contributed by atoms with Crippen molar-refractivity contribution in [3.8, 4) is 0 Å². The molecule has 0 spiro atoms. The minimum absolute atomic E-state index is 0.0120. The van der Waals surface area contributed by atoms with Gasteiger partial charge in [0.1, 0.15) is 0 Å². The van der Waals surface area contributed by atoms with Crippen LogP contribution in [0.1, 0.15) is 32.1 Å². The van der Waals surface area contributed by atoms with Crippen LogP contribution in [0, 0.1) is 11.8 Å². The monoisotopic (exact) mass is 325 g/mol. The van der Waals surface area contributed by atoms with Crippen LogP contribution in [0.15, 0.2) is 24.3 Å². The maximum absolute atomic E-state index is 12.6. The lowest BCUT2D eigenvalue weighted by Gasteiger charge is -2.29. The topological polar surface area (TPSA) is 57.8 Å². The number of H-pyrrole nitrogens is 1. The SMILES string of the molecule is O=C(CC1CCC(C(F)(F)F)CC1)Nc1nc2ccccc2[nH]1. The molecule has 124 valence electrons. The van der Waals surface area contributed by atoms with E-state index in [2.05, 4.69) is 15.3 Å². The van der Waals surface area contributed by atoms with Gasteiger partial charge in [-0.05, 0) is 43.7 Å². The molecule has 1 aliphatic carbocycles. The fourth-order valence-electron chi connectivity index (χ4n) is 3.15. The van der Waals surface area contributed by atoms with Gasteiger partial charge in [-0.25, -0.2) is 4.98 Å². The number of aromatic amines is 1. The summed E-state index contributed by atoms with van der Waals surface area (Å²) in [6.07, 6.45) is -2.75. The predicted molar refractivity (Wildman–Crippen MR) is 80.8 cm³/mol. The number of halogens is 3. The minimum Gasteiger partial charge on any atom is -0.324 e. The molecule has 0 unspecified atom stereocenters. The molecular weight excluding hydrogens is 307 g/mol. The Labute approximate surface area is 131 Å². The molecule has 1 amide bonds. The molecule has 4 nitrogen and oxygen atoms in total. The van der Waals surface area contributed by atoms with Gasteiger partial charge in [0.2, 0.25) is 11.9 Å². The smallest absolute Gasteiger partial charge is 0.324 e. The van der Waals surface area contributed by atoms with Crippen LogP contribution in [0.5, 0.6) is 0 Å². The van der Waals surface area contributed by atoms with Crippen LogP contribution in [-0.2, 0) is 4.79 Å². The summed E-state index contributed by atoms with van der Waals surface area (Å²) in [5.74, 6) is -1.03. The molecule has 0 atom stereocenters. The van der Waals surface area contributed by atoms with Crippen molar-refractivity contribution in [2.45, 2.75) is 38.3 Å². The summed E-state index contributed by atoms with van der Waals surface area (Å²) in [6, 6.07) is 7.41. The molecule has 1 aromatic heterocycles. The van der Waals surface area contributed by atoms with Gasteiger partial charge in [0.25, 0.3) is 0 Å². The average Bonchev–Trinajstić information content (AvgIpc) is 2.88. The number of alkyl halides is 3. The summed E-state index contributed by atoms with van der Waals surface area (Å²) in [7, 11) is 0. The van der Waals surface area contributed by atoms with Crippen LogP contribution in [0.25, 0.3) is 11.0 Å². The second kappa shape index (κ2) is 6.22. The molecule has 23 heavy (non-hydrogen) atoms. The number of anilines is 1. The summed E-state index contributed by atoms with van der Waals surface area (Å²) < 4.78 is 37.9. The normalized spacial score (nSPS) is 22.2. The number of para-hydroxylation sites is 2. The highest BCUT2D eigenvalue weighted by atomic mass is 19.4. The molecule has 0 radical (unpaired) electrons. The molecule has 0 saturated heterocycles. The Bertz CT molecular complexity index is 654. The Hall–Kier alpha value is -2.05. The maximum Gasteiger partial charge on any atom is 0.391 e. The number of rotatable bonds is 3. The van der Waals surface area contributed by atoms with E-state index in [0.29, 0.717) is 18.8 Å². The number of nitrogens with one attached hydrogen (secondary N) is 2. The van der Waals surface area contributed by atoms with Gasteiger partial charge in [-0.2, -0.15) is 13.2 Å². The molecule has 1 aliphatic rings. The number of carbonyl (C=O) groups excluding carboxylic acids is 1. The van der Waals surface area contributed by atoms with E-state index < -0.39 is 12.1 Å². The fraction of sp³-hybridized carbons (Fsp3) is 0.500. The van der Waals surface area contributed by atoms with Gasteiger partial charge >= 0.3 is 6.18 Å². The standard InChI is InChI=1S/C16H18F3N3O/c17-16(18,19)11-7-5-10(6-8-11)9-14(23)22-15-20-12-3-1-2-4-13(12)21-15/h1-4,10-11H,5-9H2,(H2,20,21,22,23). The number of fused-ring (bicyclic) bond motifs is 1. The number of nitrogens with zero attached hydrogens (tertiary/aromatic N) is 1. The highest BCUT2D eigenvalue weighted by Gasteiger charge is 2.41. The Morgan fingerprint density at radius 3 is 2.57 bits per heavy atom. The number of hydrogen-bond donors (Lipinski definition) is 2. The molecule has 1 aromatic carbocycles. The molecule has 7 heteroatoms. The summed E-state index contributed by atoms with van der Waals surface area (Å²) in [4.78, 5) is 19.3. The number of aromatic nitrogens is 2. The van der Waals surface area contributed by atoms with Crippen LogP contribution in [0.3, 0.4) is 0 Å². The van der Waals surface area contributed by atoms with Crippen molar-refractivity contribution in [3.05, 3.63) is 24.3 Å². The van der Waals surface area contributed by atoms with Gasteiger partial charge in [0.05, 0.1) is 17.0 Å². The van der Waals surface area contributed by atoms with E-state index in [9.17, 15) is 18.0 Å². The van der Waals surface area contributed by atoms with Crippen molar-refractivity contribution in [3.63, 3.8) is 0 Å². The van der Waals surface area contributed by atoms with Crippen molar-refractivity contribution in [1.82, 2.24) is 9.97 Å². The van der Waals surface area contributed by atoms with Gasteiger partial charge < -0.3 is 4.98 Å². The van der Waals surface area contributed by atoms with E-state index in [1.54, 1.807) is 0 Å². The quantitative estimate of drug-likeness (QED) is 0.886. The Morgan fingerprint density at radius 2 is 1.91 bits per heavy atom. The van der Waals surface area contributed by atoms with Crippen molar-refractivity contribution in [1.29, 1.82) is 0 Å². The third kappa shape index (κ3) is 3.83. The molecule has 1 saturated carbocycles. The fourth-order valence-corrected chi connectivity index (χ4v) is 3.15. The third-order valence-corrected chi connectivity index (χ3v) is 4.43. The number of amides is 1. The Kier molecular flexibility index (Phi) is 4.28. The van der Waals surface area contributed by atoms with Crippen LogP contribution in [0.2, 0.25) is 0 Å². The zero-order valence-electron chi connectivity index (χ0n) is 12.5. The molecule has 1 fully saturated rings. The minimum atomic E-state index is -4.11. The first-order chi connectivity index (χ1) is 10.9. The van der Waals surface area contributed by atoms with Crippen LogP contribution < -0.4 is 5.32 Å². The first kappa shape index (κ1) is 15.8. The molecule has 2 N–H and O–H groups in total. The van der Waals surface area contributed by atoms with Gasteiger partial charge in [0, 0.05) is 6.42 Å². The zero-order chi connectivity index (χ0) is 16.4. The van der Waals surface area contributed by atoms with Gasteiger partial charge in [-0.1, -0.05) is 12.1 Å².